The second-order valence-electron chi connectivity index (χ2n) is 5.19. The van der Waals surface area contributed by atoms with Crippen molar-refractivity contribution in [1.29, 1.82) is 0 Å². The lowest BCUT2D eigenvalue weighted by molar-refractivity contribution is -0.127. The van der Waals surface area contributed by atoms with Crippen LogP contribution < -0.4 is 10.3 Å². The van der Waals surface area contributed by atoms with E-state index in [0.717, 1.165) is 5.69 Å². The van der Waals surface area contributed by atoms with Crippen LogP contribution in [-0.2, 0) is 4.79 Å². The minimum atomic E-state index is -0.374. The molecule has 0 aromatic heterocycles. The van der Waals surface area contributed by atoms with Gasteiger partial charge < -0.3 is 0 Å². The monoisotopic (exact) mass is 317 g/mol. The third-order valence-electron chi connectivity index (χ3n) is 3.98. The number of urea groups is 1. The first-order valence-corrected chi connectivity index (χ1v) is 8.14. The molecule has 0 saturated carbocycles. The van der Waals surface area contributed by atoms with Crippen LogP contribution >= 0.6 is 11.8 Å². The molecule has 2 saturated heterocycles. The van der Waals surface area contributed by atoms with Crippen molar-refractivity contribution < 1.29 is 9.59 Å². The van der Waals surface area contributed by atoms with E-state index < -0.39 is 0 Å². The molecule has 2 atom stereocenters. The van der Waals surface area contributed by atoms with Gasteiger partial charge in [-0.05, 0) is 19.1 Å². The summed E-state index contributed by atoms with van der Waals surface area (Å²) in [6, 6.07) is 9.36. The van der Waals surface area contributed by atoms with Crippen molar-refractivity contribution in [2.24, 2.45) is 4.99 Å². The molecule has 3 aliphatic heterocycles. The van der Waals surface area contributed by atoms with Gasteiger partial charge in [0.05, 0.1) is 5.75 Å². The number of nitrogens with one attached hydrogen (secondary N) is 1. The van der Waals surface area contributed by atoms with Crippen LogP contribution in [0.1, 0.15) is 6.92 Å². The van der Waals surface area contributed by atoms with Crippen LogP contribution in [0.4, 0.5) is 10.5 Å². The fourth-order valence-electron chi connectivity index (χ4n) is 2.95. The maximum Gasteiger partial charge on any atom is 0.327 e. The molecule has 1 aromatic rings. The summed E-state index contributed by atoms with van der Waals surface area (Å²) in [5.41, 5.74) is 3.96. The molecule has 3 heterocycles. The average Bonchev–Trinajstić information content (AvgIpc) is 3.03. The number of fused-ring (bicyclic) bond motifs is 2. The molecule has 4 rings (SSSR count). The van der Waals surface area contributed by atoms with Crippen molar-refractivity contribution in [3.63, 3.8) is 0 Å². The molecular weight excluding hydrogens is 302 g/mol. The maximum atomic E-state index is 12.7. The predicted octanol–water partition coefficient (Wildman–Crippen LogP) is 1.05. The summed E-state index contributed by atoms with van der Waals surface area (Å²) in [6.45, 7) is 2.50. The van der Waals surface area contributed by atoms with Crippen LogP contribution in [-0.4, -0.2) is 51.6 Å². The van der Waals surface area contributed by atoms with Gasteiger partial charge in [0.2, 0.25) is 0 Å². The number of nitrogens with zero attached hydrogens (tertiary/aromatic N) is 4. The minimum Gasteiger partial charge on any atom is -0.299 e. The van der Waals surface area contributed by atoms with Crippen molar-refractivity contribution in [1.82, 2.24) is 15.3 Å². The van der Waals surface area contributed by atoms with Gasteiger partial charge in [-0.2, -0.15) is 5.43 Å². The lowest BCUT2D eigenvalue weighted by atomic mass is 10.2. The van der Waals surface area contributed by atoms with Gasteiger partial charge in [0, 0.05) is 12.2 Å². The van der Waals surface area contributed by atoms with E-state index in [2.05, 4.69) is 10.4 Å². The Morgan fingerprint density at radius 3 is 2.82 bits per heavy atom. The Morgan fingerprint density at radius 2 is 2.09 bits per heavy atom. The van der Waals surface area contributed by atoms with Crippen LogP contribution in [0.2, 0.25) is 0 Å². The number of benzene rings is 1. The SMILES string of the molecule is CCN1C(=O)N(c2ccccc2)C2NN3C(=O)CSC3=NC21. The molecule has 3 aliphatic rings. The molecule has 0 radical (unpaired) electrons. The number of carbonyl (C=O) groups is 2. The Morgan fingerprint density at radius 1 is 1.32 bits per heavy atom. The lowest BCUT2D eigenvalue weighted by Crippen LogP contribution is -2.60. The Labute approximate surface area is 131 Å². The highest BCUT2D eigenvalue weighted by Gasteiger charge is 2.51. The van der Waals surface area contributed by atoms with E-state index in [-0.39, 0.29) is 24.3 Å². The number of thioether (sulfide) groups is 1. The van der Waals surface area contributed by atoms with Gasteiger partial charge >= 0.3 is 6.03 Å². The van der Waals surface area contributed by atoms with E-state index in [9.17, 15) is 9.59 Å². The van der Waals surface area contributed by atoms with Gasteiger partial charge in [0.1, 0.15) is 6.17 Å². The second-order valence-corrected chi connectivity index (χ2v) is 6.13. The van der Waals surface area contributed by atoms with E-state index in [1.165, 1.54) is 16.8 Å². The number of amidine groups is 1. The summed E-state index contributed by atoms with van der Waals surface area (Å²) in [7, 11) is 0. The zero-order valence-electron chi connectivity index (χ0n) is 12.0. The number of carbonyl (C=O) groups excluding carboxylic acids is 2. The Balaban J connectivity index is 1.76. The third-order valence-corrected chi connectivity index (χ3v) is 4.91. The van der Waals surface area contributed by atoms with Crippen molar-refractivity contribution >= 4 is 34.6 Å². The number of hydrogen-bond donors (Lipinski definition) is 1. The van der Waals surface area contributed by atoms with Gasteiger partial charge in [-0.1, -0.05) is 30.0 Å². The van der Waals surface area contributed by atoms with Gasteiger partial charge in [-0.15, -0.1) is 0 Å². The molecule has 114 valence electrons. The summed E-state index contributed by atoms with van der Waals surface area (Å²) in [6.07, 6.45) is -0.691. The molecule has 1 N–H and O–H groups in total. The Kier molecular flexibility index (Phi) is 3.08. The van der Waals surface area contributed by atoms with Crippen LogP contribution in [0.5, 0.6) is 0 Å². The molecule has 8 heteroatoms. The highest BCUT2D eigenvalue weighted by atomic mass is 32.2. The van der Waals surface area contributed by atoms with Gasteiger partial charge in [-0.3, -0.25) is 14.6 Å². The second kappa shape index (κ2) is 4.99. The first-order valence-electron chi connectivity index (χ1n) is 7.15. The van der Waals surface area contributed by atoms with Crippen molar-refractivity contribution in [2.75, 3.05) is 17.2 Å². The Hall–Kier alpha value is -2.06. The number of hydrazine groups is 1. The molecule has 1 aromatic carbocycles. The van der Waals surface area contributed by atoms with Crippen molar-refractivity contribution in [2.45, 2.75) is 19.3 Å². The molecule has 0 aliphatic carbocycles. The molecule has 2 fully saturated rings. The maximum absolute atomic E-state index is 12.7. The highest BCUT2D eigenvalue weighted by Crippen LogP contribution is 2.33. The molecule has 3 amide bonds. The van der Waals surface area contributed by atoms with E-state index in [0.29, 0.717) is 17.5 Å². The summed E-state index contributed by atoms with van der Waals surface area (Å²) < 4.78 is 0. The summed E-state index contributed by atoms with van der Waals surface area (Å²) in [5.74, 6) is 0.356. The first kappa shape index (κ1) is 13.6. The van der Waals surface area contributed by atoms with Crippen LogP contribution in [0.25, 0.3) is 0 Å². The average molecular weight is 317 g/mol. The lowest BCUT2D eigenvalue weighted by Gasteiger charge is -2.34. The van der Waals surface area contributed by atoms with E-state index in [1.807, 2.05) is 37.3 Å². The number of likely N-dealkylation sites (N-methyl/N-ethyl adjacent to an activating group) is 1. The highest BCUT2D eigenvalue weighted by molar-refractivity contribution is 8.15. The van der Waals surface area contributed by atoms with Crippen LogP contribution in [0.15, 0.2) is 35.3 Å². The van der Waals surface area contributed by atoms with Crippen LogP contribution in [0, 0.1) is 0 Å². The fraction of sp³-hybridized carbons (Fsp3) is 0.357. The normalized spacial score (nSPS) is 27.1. The largest absolute Gasteiger partial charge is 0.327 e. The number of rotatable bonds is 2. The number of para-hydroxylation sites is 1. The van der Waals surface area contributed by atoms with E-state index in [4.69, 9.17) is 0 Å². The molecule has 0 bridgehead atoms. The zero-order chi connectivity index (χ0) is 15.3. The van der Waals surface area contributed by atoms with Gasteiger partial charge in [-0.25, -0.2) is 14.8 Å². The smallest absolute Gasteiger partial charge is 0.299 e. The van der Waals surface area contributed by atoms with E-state index in [1.54, 1.807) is 9.80 Å². The zero-order valence-corrected chi connectivity index (χ0v) is 12.8. The summed E-state index contributed by atoms with van der Waals surface area (Å²) in [5, 5.41) is 2.11. The molecule has 7 nitrogen and oxygen atoms in total. The molecular formula is C14H15N5O2S. The minimum absolute atomic E-state index is 0.0300. The van der Waals surface area contributed by atoms with E-state index >= 15 is 0 Å². The number of amides is 3. The quantitative estimate of drug-likeness (QED) is 0.885. The topological polar surface area (TPSA) is 68.2 Å². The fourth-order valence-corrected chi connectivity index (χ4v) is 3.80. The number of hydrogen-bond acceptors (Lipinski definition) is 5. The number of aliphatic imine (C=N–C) groups is 1. The molecule has 2 unspecified atom stereocenters. The van der Waals surface area contributed by atoms with Crippen molar-refractivity contribution in [3.8, 4) is 0 Å². The summed E-state index contributed by atoms with van der Waals surface area (Å²) >= 11 is 1.40. The van der Waals surface area contributed by atoms with Gasteiger partial charge in [0.25, 0.3) is 5.91 Å². The van der Waals surface area contributed by atoms with Gasteiger partial charge in [0.15, 0.2) is 11.3 Å². The molecule has 0 spiro atoms. The number of anilines is 1. The predicted molar refractivity (Wildman–Crippen MR) is 84.1 cm³/mol. The Bertz CT molecular complexity index is 664. The third kappa shape index (κ3) is 1.84. The van der Waals surface area contributed by atoms with Crippen molar-refractivity contribution in [3.05, 3.63) is 30.3 Å². The molecule has 22 heavy (non-hydrogen) atoms. The first-order chi connectivity index (χ1) is 10.7. The standard InChI is InChI=1S/C14H15N5O2S/c1-2-17-11-12(16-19-10(20)8-22-13(19)15-11)18(14(17)21)9-6-4-3-5-7-9/h3-7,11-12,16H,2,8H2,1H3. The van der Waals surface area contributed by atoms with Crippen LogP contribution in [0.3, 0.4) is 0 Å². The summed E-state index contributed by atoms with van der Waals surface area (Å²) in [4.78, 5) is 32.7.